The number of hydrogen-bond acceptors (Lipinski definition) is 6. The molecule has 144 valence electrons. The number of nitro groups is 1. The van der Waals surface area contributed by atoms with Crippen LogP contribution in [0, 0.1) is 17.0 Å². The van der Waals surface area contributed by atoms with E-state index in [1.807, 2.05) is 12.1 Å². The van der Waals surface area contributed by atoms with Crippen molar-refractivity contribution in [3.05, 3.63) is 62.1 Å². The van der Waals surface area contributed by atoms with E-state index in [2.05, 4.69) is 15.9 Å². The van der Waals surface area contributed by atoms with E-state index < -0.39 is 20.3 Å². The van der Waals surface area contributed by atoms with Gasteiger partial charge in [-0.1, -0.05) is 12.1 Å². The lowest BCUT2D eigenvalue weighted by Crippen LogP contribution is -2.30. The Labute approximate surface area is 170 Å². The number of methoxy groups -OCH3 is 1. The van der Waals surface area contributed by atoms with Crippen molar-refractivity contribution in [2.45, 2.75) is 17.2 Å². The summed E-state index contributed by atoms with van der Waals surface area (Å²) in [5.41, 5.74) is 1.03. The van der Waals surface area contributed by atoms with Crippen LogP contribution < -0.4 is 4.74 Å². The number of aryl methyl sites for hydroxylation is 1. The molecule has 0 aromatic heterocycles. The zero-order chi connectivity index (χ0) is 19.8. The molecule has 0 saturated carbocycles. The fraction of sp³-hybridized carbons (Fsp3) is 0.294. The average molecular weight is 473 g/mol. The zero-order valence-electron chi connectivity index (χ0n) is 14.6. The number of ether oxygens (including phenoxy) is 1. The third-order valence-corrected chi connectivity index (χ3v) is 8.17. The van der Waals surface area contributed by atoms with Gasteiger partial charge < -0.3 is 4.74 Å². The van der Waals surface area contributed by atoms with Crippen molar-refractivity contribution in [3.8, 4) is 5.75 Å². The second-order valence-corrected chi connectivity index (χ2v) is 9.87. The first-order valence-corrected chi connectivity index (χ1v) is 11.3. The van der Waals surface area contributed by atoms with E-state index in [0.29, 0.717) is 23.6 Å². The summed E-state index contributed by atoms with van der Waals surface area (Å²) in [6, 6.07) is 9.46. The molecule has 0 aliphatic carbocycles. The van der Waals surface area contributed by atoms with Gasteiger partial charge in [0.25, 0.3) is 5.69 Å². The van der Waals surface area contributed by atoms with Gasteiger partial charge in [0.15, 0.2) is 0 Å². The number of sulfonamides is 1. The fourth-order valence-electron chi connectivity index (χ4n) is 2.88. The summed E-state index contributed by atoms with van der Waals surface area (Å²) in [5, 5.41) is 10.8. The van der Waals surface area contributed by atoms with Crippen LogP contribution in [-0.4, -0.2) is 37.1 Å². The Balaban J connectivity index is 2.00. The number of rotatable bonds is 5. The largest absolute Gasteiger partial charge is 0.496 e. The molecular weight excluding hydrogens is 456 g/mol. The number of thioether (sulfide) groups is 1. The van der Waals surface area contributed by atoms with E-state index in [9.17, 15) is 18.5 Å². The highest BCUT2D eigenvalue weighted by molar-refractivity contribution is 9.10. The molecule has 0 amide bonds. The van der Waals surface area contributed by atoms with Gasteiger partial charge in [-0.05, 0) is 46.6 Å². The van der Waals surface area contributed by atoms with E-state index in [1.165, 1.54) is 28.2 Å². The molecule has 27 heavy (non-hydrogen) atoms. The minimum absolute atomic E-state index is 0.0696. The summed E-state index contributed by atoms with van der Waals surface area (Å²) in [7, 11) is -2.32. The zero-order valence-corrected chi connectivity index (χ0v) is 17.8. The lowest BCUT2D eigenvalue weighted by Gasteiger charge is -2.24. The normalized spacial score (nSPS) is 17.8. The van der Waals surface area contributed by atoms with E-state index in [0.717, 1.165) is 16.1 Å². The molecular formula is C17H17BrN2O5S2. The Bertz CT molecular complexity index is 997. The molecule has 0 spiro atoms. The first kappa shape index (κ1) is 20.1. The Kier molecular flexibility index (Phi) is 5.80. The second-order valence-electron chi connectivity index (χ2n) is 5.94. The Morgan fingerprint density at radius 1 is 1.30 bits per heavy atom. The van der Waals surface area contributed by atoms with Gasteiger partial charge in [0.1, 0.15) is 5.75 Å². The predicted molar refractivity (Wildman–Crippen MR) is 108 cm³/mol. The molecule has 1 aliphatic rings. The minimum atomic E-state index is -3.88. The number of hydrogen-bond donors (Lipinski definition) is 0. The summed E-state index contributed by atoms with van der Waals surface area (Å²) in [6.45, 7) is 1.92. The molecule has 1 aliphatic heterocycles. The predicted octanol–water partition coefficient (Wildman–Crippen LogP) is 4.11. The summed E-state index contributed by atoms with van der Waals surface area (Å²) in [5.74, 6) is 1.30. The van der Waals surface area contributed by atoms with Crippen molar-refractivity contribution in [2.24, 2.45) is 0 Å². The van der Waals surface area contributed by atoms with Gasteiger partial charge >= 0.3 is 0 Å². The monoisotopic (exact) mass is 472 g/mol. The molecule has 7 nitrogen and oxygen atoms in total. The molecule has 3 rings (SSSR count). The third-order valence-electron chi connectivity index (χ3n) is 4.29. The van der Waals surface area contributed by atoms with Crippen molar-refractivity contribution in [1.82, 2.24) is 4.31 Å². The molecule has 1 atom stereocenters. The van der Waals surface area contributed by atoms with Crippen molar-refractivity contribution in [2.75, 3.05) is 19.4 Å². The van der Waals surface area contributed by atoms with Crippen molar-refractivity contribution < 1.29 is 18.1 Å². The Morgan fingerprint density at radius 2 is 2.04 bits per heavy atom. The molecule has 1 fully saturated rings. The molecule has 1 unspecified atom stereocenters. The molecule has 2 aromatic rings. The summed E-state index contributed by atoms with van der Waals surface area (Å²) >= 11 is 4.94. The maximum absolute atomic E-state index is 13.2. The van der Waals surface area contributed by atoms with Crippen LogP contribution in [0.2, 0.25) is 0 Å². The second kappa shape index (κ2) is 7.78. The molecule has 0 bridgehead atoms. The maximum Gasteiger partial charge on any atom is 0.273 e. The van der Waals surface area contributed by atoms with Crippen LogP contribution in [0.4, 0.5) is 5.69 Å². The van der Waals surface area contributed by atoms with Gasteiger partial charge in [-0.2, -0.15) is 4.31 Å². The van der Waals surface area contributed by atoms with Gasteiger partial charge in [0.2, 0.25) is 10.0 Å². The minimum Gasteiger partial charge on any atom is -0.496 e. The Morgan fingerprint density at radius 3 is 2.67 bits per heavy atom. The van der Waals surface area contributed by atoms with Gasteiger partial charge in [0, 0.05) is 23.9 Å². The van der Waals surface area contributed by atoms with Gasteiger partial charge in [-0.15, -0.1) is 11.8 Å². The summed E-state index contributed by atoms with van der Waals surface area (Å²) < 4.78 is 33.7. The molecule has 1 heterocycles. The van der Waals surface area contributed by atoms with Crippen molar-refractivity contribution in [3.63, 3.8) is 0 Å². The van der Waals surface area contributed by atoms with Gasteiger partial charge in [0.05, 0.1) is 26.8 Å². The number of halogens is 1. The van der Waals surface area contributed by atoms with Crippen LogP contribution >= 0.6 is 27.7 Å². The maximum atomic E-state index is 13.2. The van der Waals surface area contributed by atoms with Gasteiger partial charge in [-0.25, -0.2) is 8.42 Å². The highest BCUT2D eigenvalue weighted by Crippen LogP contribution is 2.43. The standard InChI is InChI=1S/C17H17BrN2O5S2/c1-11-3-5-13(10-15(11)20(21)22)27(23,24)19-7-8-26-17(19)12-4-6-16(25-2)14(18)9-12/h3-6,9-10,17H,7-8H2,1-2H3. The average Bonchev–Trinajstić information content (AvgIpc) is 3.12. The lowest BCUT2D eigenvalue weighted by atomic mass is 10.2. The molecule has 0 N–H and O–H groups in total. The molecule has 2 aromatic carbocycles. The topological polar surface area (TPSA) is 89.8 Å². The lowest BCUT2D eigenvalue weighted by molar-refractivity contribution is -0.385. The quantitative estimate of drug-likeness (QED) is 0.480. The van der Waals surface area contributed by atoms with Gasteiger partial charge in [-0.3, -0.25) is 10.1 Å². The van der Waals surface area contributed by atoms with E-state index in [-0.39, 0.29) is 10.6 Å². The van der Waals surface area contributed by atoms with Crippen LogP contribution in [0.25, 0.3) is 0 Å². The van der Waals surface area contributed by atoms with Crippen LogP contribution in [-0.2, 0) is 10.0 Å². The molecule has 10 heteroatoms. The Hall–Kier alpha value is -1.62. The smallest absolute Gasteiger partial charge is 0.273 e. The summed E-state index contributed by atoms with van der Waals surface area (Å²) in [4.78, 5) is 10.5. The first-order chi connectivity index (χ1) is 12.8. The fourth-order valence-corrected chi connectivity index (χ4v) is 6.69. The van der Waals surface area contributed by atoms with Crippen molar-refractivity contribution >= 4 is 43.4 Å². The molecule has 1 saturated heterocycles. The van der Waals surface area contributed by atoms with Crippen LogP contribution in [0.5, 0.6) is 5.75 Å². The number of benzene rings is 2. The summed E-state index contributed by atoms with van der Waals surface area (Å²) in [6.07, 6.45) is 0. The molecule has 0 radical (unpaired) electrons. The van der Waals surface area contributed by atoms with E-state index in [4.69, 9.17) is 4.74 Å². The SMILES string of the molecule is COc1ccc(C2SCCN2S(=O)(=O)c2ccc(C)c([N+](=O)[O-])c2)cc1Br. The third kappa shape index (κ3) is 3.84. The van der Waals surface area contributed by atoms with E-state index in [1.54, 1.807) is 20.1 Å². The van der Waals surface area contributed by atoms with Crippen LogP contribution in [0.3, 0.4) is 0 Å². The number of nitrogens with zero attached hydrogens (tertiary/aromatic N) is 2. The highest BCUT2D eigenvalue weighted by Gasteiger charge is 2.37. The number of nitro benzene ring substituents is 1. The highest BCUT2D eigenvalue weighted by atomic mass is 79.9. The van der Waals surface area contributed by atoms with Crippen LogP contribution in [0.15, 0.2) is 45.8 Å². The first-order valence-electron chi connectivity index (χ1n) is 7.97. The van der Waals surface area contributed by atoms with Crippen molar-refractivity contribution in [1.29, 1.82) is 0 Å². The van der Waals surface area contributed by atoms with E-state index >= 15 is 0 Å². The van der Waals surface area contributed by atoms with Crippen LogP contribution in [0.1, 0.15) is 16.5 Å².